The van der Waals surface area contributed by atoms with Crippen LogP contribution in [0.5, 0.6) is 0 Å². The van der Waals surface area contributed by atoms with E-state index in [1.54, 1.807) is 21.3 Å². The van der Waals surface area contributed by atoms with E-state index in [0.29, 0.717) is 43.8 Å². The number of methoxy groups -OCH3 is 2. The topological polar surface area (TPSA) is 117 Å². The molecule has 1 aromatic rings. The summed E-state index contributed by atoms with van der Waals surface area (Å²) in [4.78, 5) is 13.7. The van der Waals surface area contributed by atoms with Crippen molar-refractivity contribution in [1.82, 2.24) is 20.6 Å². The maximum atomic E-state index is 5.30. The number of hydrogen-bond acceptors (Lipinski definition) is 9. The number of nitrogens with one attached hydrogen (secondary N) is 5. The Bertz CT molecular complexity index is 640. The van der Waals surface area contributed by atoms with Crippen molar-refractivity contribution in [2.75, 3.05) is 70.6 Å². The second-order valence-corrected chi connectivity index (χ2v) is 6.19. The molecule has 10 nitrogen and oxygen atoms in total. The van der Waals surface area contributed by atoms with Crippen LogP contribution in [0.1, 0.15) is 25.5 Å². The summed E-state index contributed by atoms with van der Waals surface area (Å²) in [6.07, 6.45) is 1.65. The fraction of sp³-hybridized carbons (Fsp3) is 0.706. The van der Waals surface area contributed by atoms with Crippen molar-refractivity contribution in [2.24, 2.45) is 4.99 Å². The summed E-state index contributed by atoms with van der Waals surface area (Å²) in [6, 6.07) is 0. The Labute approximate surface area is 160 Å². The molecule has 2 rings (SSSR count). The zero-order valence-corrected chi connectivity index (χ0v) is 16.9. The smallest absolute Gasteiger partial charge is 0.225 e. The quantitative estimate of drug-likeness (QED) is 0.353. The molecule has 0 spiro atoms. The lowest BCUT2D eigenvalue weighted by Gasteiger charge is -2.42. The van der Waals surface area contributed by atoms with Crippen LogP contribution in [0.25, 0.3) is 0 Å². The molecule has 1 atom stereocenters. The molecule has 152 valence electrons. The fourth-order valence-corrected chi connectivity index (χ4v) is 2.84. The van der Waals surface area contributed by atoms with E-state index < -0.39 is 5.79 Å². The predicted molar refractivity (Wildman–Crippen MR) is 109 cm³/mol. The normalized spacial score (nSPS) is 20.0. The van der Waals surface area contributed by atoms with Gasteiger partial charge in [-0.05, 0) is 6.42 Å². The Morgan fingerprint density at radius 2 is 1.89 bits per heavy atom. The van der Waals surface area contributed by atoms with Gasteiger partial charge in [0.15, 0.2) is 17.4 Å². The molecule has 0 radical (unpaired) electrons. The molecule has 2 heterocycles. The highest BCUT2D eigenvalue weighted by molar-refractivity contribution is 6.06. The summed E-state index contributed by atoms with van der Waals surface area (Å²) < 4.78 is 10.5. The van der Waals surface area contributed by atoms with E-state index in [4.69, 9.17) is 9.47 Å². The van der Waals surface area contributed by atoms with Crippen molar-refractivity contribution in [3.63, 3.8) is 0 Å². The molecule has 0 saturated carbocycles. The van der Waals surface area contributed by atoms with Gasteiger partial charge in [-0.2, -0.15) is 4.98 Å². The molecule has 0 bridgehead atoms. The number of aliphatic imine (C=N–C) groups is 1. The summed E-state index contributed by atoms with van der Waals surface area (Å²) in [5.74, 6) is 1.31. The van der Waals surface area contributed by atoms with E-state index in [9.17, 15) is 0 Å². The first-order valence-corrected chi connectivity index (χ1v) is 9.23. The molecule has 0 aromatic carbocycles. The summed E-state index contributed by atoms with van der Waals surface area (Å²) in [5, 5.41) is 16.8. The van der Waals surface area contributed by atoms with Gasteiger partial charge >= 0.3 is 0 Å². The van der Waals surface area contributed by atoms with Crippen molar-refractivity contribution in [3.8, 4) is 0 Å². The van der Waals surface area contributed by atoms with Crippen molar-refractivity contribution in [2.45, 2.75) is 25.6 Å². The van der Waals surface area contributed by atoms with Crippen LogP contribution in [0.4, 0.5) is 17.5 Å². The van der Waals surface area contributed by atoms with Gasteiger partial charge in [-0.3, -0.25) is 10.3 Å². The van der Waals surface area contributed by atoms with Gasteiger partial charge in [-0.25, -0.2) is 4.98 Å². The second kappa shape index (κ2) is 10.2. The van der Waals surface area contributed by atoms with E-state index in [2.05, 4.69) is 48.5 Å². The molecule has 1 aliphatic rings. The highest BCUT2D eigenvalue weighted by Gasteiger charge is 2.38. The average Bonchev–Trinajstić information content (AvgIpc) is 2.70. The van der Waals surface area contributed by atoms with Crippen LogP contribution < -0.4 is 26.6 Å². The molecule has 1 unspecified atom stereocenters. The molecule has 0 saturated heterocycles. The molecule has 27 heavy (non-hydrogen) atoms. The first-order chi connectivity index (χ1) is 13.1. The van der Waals surface area contributed by atoms with Crippen molar-refractivity contribution in [3.05, 3.63) is 5.69 Å². The minimum absolute atomic E-state index is 0.554. The molecule has 1 aromatic heterocycles. The molecule has 0 amide bonds. The van der Waals surface area contributed by atoms with E-state index in [1.165, 1.54) is 0 Å². The lowest BCUT2D eigenvalue weighted by Crippen LogP contribution is -2.67. The highest BCUT2D eigenvalue weighted by atomic mass is 16.5. The third-order valence-electron chi connectivity index (χ3n) is 4.21. The Morgan fingerprint density at radius 3 is 2.52 bits per heavy atom. The standard InChI is InChI=1S/C17H32N8O2/c1-6-8-20-16-22-12-13(14(18-2)23-16)24-17(7-10-26-4,21-9-11-27-5)25-15(12)19-3/h21,24H,6-11H2,1-5H3,(H,19,25)(H2,18,20,22,23). The van der Waals surface area contributed by atoms with Crippen LogP contribution in [-0.2, 0) is 9.47 Å². The van der Waals surface area contributed by atoms with Gasteiger partial charge in [0.05, 0.1) is 13.2 Å². The molecular formula is C17H32N8O2. The maximum Gasteiger partial charge on any atom is 0.225 e. The third-order valence-corrected chi connectivity index (χ3v) is 4.21. The zero-order valence-electron chi connectivity index (χ0n) is 16.9. The summed E-state index contributed by atoms with van der Waals surface area (Å²) >= 11 is 0. The Kier molecular flexibility index (Phi) is 8.01. The van der Waals surface area contributed by atoms with Crippen LogP contribution in [0.2, 0.25) is 0 Å². The number of aromatic nitrogens is 2. The predicted octanol–water partition coefficient (Wildman–Crippen LogP) is 0.658. The second-order valence-electron chi connectivity index (χ2n) is 6.19. The van der Waals surface area contributed by atoms with E-state index in [1.807, 2.05) is 7.05 Å². The number of fused-ring (bicyclic) bond motifs is 1. The van der Waals surface area contributed by atoms with Crippen molar-refractivity contribution < 1.29 is 9.47 Å². The lowest BCUT2D eigenvalue weighted by molar-refractivity contribution is 0.143. The Hall–Kier alpha value is -2.17. The van der Waals surface area contributed by atoms with Crippen LogP contribution in [-0.4, -0.2) is 76.2 Å². The van der Waals surface area contributed by atoms with Gasteiger partial charge in [0.1, 0.15) is 11.4 Å². The number of hydrogen-bond donors (Lipinski definition) is 5. The molecule has 0 fully saturated rings. The third kappa shape index (κ3) is 5.18. The van der Waals surface area contributed by atoms with E-state index in [0.717, 1.165) is 24.3 Å². The minimum atomic E-state index is -0.649. The SMILES string of the molecule is CCCNc1nc(NC)c2c(n1)C(=NC)NC(CCOC)(NCCOC)N2. The number of anilines is 3. The van der Waals surface area contributed by atoms with Crippen LogP contribution in [0.15, 0.2) is 4.99 Å². The summed E-state index contributed by atoms with van der Waals surface area (Å²) in [7, 11) is 6.95. The van der Waals surface area contributed by atoms with Crippen LogP contribution in [0.3, 0.4) is 0 Å². The lowest BCUT2D eigenvalue weighted by atomic mass is 10.1. The molecule has 1 aliphatic heterocycles. The van der Waals surface area contributed by atoms with Gasteiger partial charge in [-0.15, -0.1) is 0 Å². The monoisotopic (exact) mass is 380 g/mol. The maximum absolute atomic E-state index is 5.30. The summed E-state index contributed by atoms with van der Waals surface area (Å²) in [5.41, 5.74) is 1.51. The van der Waals surface area contributed by atoms with Gasteiger partial charge in [-0.1, -0.05) is 6.92 Å². The Balaban J connectivity index is 2.41. The largest absolute Gasteiger partial charge is 0.384 e. The first kappa shape index (κ1) is 21.1. The number of ether oxygens (including phenoxy) is 2. The fourth-order valence-electron chi connectivity index (χ4n) is 2.84. The molecule has 5 N–H and O–H groups in total. The minimum Gasteiger partial charge on any atom is -0.384 e. The highest BCUT2D eigenvalue weighted by Crippen LogP contribution is 2.31. The van der Waals surface area contributed by atoms with Gasteiger partial charge in [0, 0.05) is 47.8 Å². The average molecular weight is 380 g/mol. The number of nitrogens with zero attached hydrogens (tertiary/aromatic N) is 3. The van der Waals surface area contributed by atoms with Crippen molar-refractivity contribution >= 4 is 23.3 Å². The Morgan fingerprint density at radius 1 is 1.11 bits per heavy atom. The molecular weight excluding hydrogens is 348 g/mol. The van der Waals surface area contributed by atoms with E-state index >= 15 is 0 Å². The zero-order chi connectivity index (χ0) is 19.7. The van der Waals surface area contributed by atoms with E-state index in [-0.39, 0.29) is 0 Å². The first-order valence-electron chi connectivity index (χ1n) is 9.23. The van der Waals surface area contributed by atoms with Gasteiger partial charge in [0.2, 0.25) is 5.95 Å². The van der Waals surface area contributed by atoms with Crippen LogP contribution >= 0.6 is 0 Å². The van der Waals surface area contributed by atoms with Crippen molar-refractivity contribution in [1.29, 1.82) is 0 Å². The van der Waals surface area contributed by atoms with Gasteiger partial charge in [0.25, 0.3) is 0 Å². The number of amidine groups is 1. The molecule has 0 aliphatic carbocycles. The summed E-state index contributed by atoms with van der Waals surface area (Å²) in [6.45, 7) is 4.69. The van der Waals surface area contributed by atoms with Gasteiger partial charge < -0.3 is 30.7 Å². The number of rotatable bonds is 11. The molecule has 10 heteroatoms. The van der Waals surface area contributed by atoms with Crippen LogP contribution in [0, 0.1) is 0 Å².